The molecule has 5 aromatic rings. The summed E-state index contributed by atoms with van der Waals surface area (Å²) in [6.45, 7) is 0. The molecule has 1 aliphatic rings. The molecule has 0 spiro atoms. The van der Waals surface area contributed by atoms with Crippen LogP contribution in [0.2, 0.25) is 0 Å². The van der Waals surface area contributed by atoms with Crippen LogP contribution in [0, 0.1) is 0 Å². The van der Waals surface area contributed by atoms with E-state index in [-0.39, 0.29) is 5.41 Å². The lowest BCUT2D eigenvalue weighted by molar-refractivity contribution is 0.769. The minimum atomic E-state index is -0.347. The van der Waals surface area contributed by atoms with Gasteiger partial charge in [0, 0.05) is 4.47 Å². The molecule has 0 nitrogen and oxygen atoms in total. The fourth-order valence-corrected chi connectivity index (χ4v) is 5.53. The smallest absolute Gasteiger partial charge is 0.0622 e. The van der Waals surface area contributed by atoms with Crippen LogP contribution in [0.5, 0.6) is 0 Å². The van der Waals surface area contributed by atoms with Crippen LogP contribution in [0.25, 0.3) is 22.3 Å². The van der Waals surface area contributed by atoms with Gasteiger partial charge in [-0.05, 0) is 62.7 Å². The Labute approximate surface area is 197 Å². The van der Waals surface area contributed by atoms with Crippen LogP contribution in [-0.4, -0.2) is 0 Å². The molecule has 0 radical (unpaired) electrons. The molecule has 1 heteroatoms. The molecule has 5 aromatic carbocycles. The zero-order chi connectivity index (χ0) is 21.5. The lowest BCUT2D eigenvalue weighted by Gasteiger charge is -2.34. The van der Waals surface area contributed by atoms with Crippen molar-refractivity contribution in [3.05, 3.63) is 154 Å². The molecule has 6 rings (SSSR count). The summed E-state index contributed by atoms with van der Waals surface area (Å²) in [6, 6.07) is 46.3. The highest BCUT2D eigenvalue weighted by atomic mass is 79.9. The van der Waals surface area contributed by atoms with Crippen LogP contribution in [0.15, 0.2) is 132 Å². The van der Waals surface area contributed by atoms with E-state index >= 15 is 0 Å². The summed E-state index contributed by atoms with van der Waals surface area (Å²) in [5.41, 5.74) is 10.0. The van der Waals surface area contributed by atoms with Gasteiger partial charge in [-0.2, -0.15) is 0 Å². The van der Waals surface area contributed by atoms with Gasteiger partial charge in [0.1, 0.15) is 0 Å². The van der Waals surface area contributed by atoms with Crippen molar-refractivity contribution in [2.45, 2.75) is 5.41 Å². The van der Waals surface area contributed by atoms with Crippen molar-refractivity contribution in [2.24, 2.45) is 0 Å². The number of hydrogen-bond acceptors (Lipinski definition) is 0. The van der Waals surface area contributed by atoms with Gasteiger partial charge in [0.05, 0.1) is 5.41 Å². The third-order valence-corrected chi connectivity index (χ3v) is 7.16. The van der Waals surface area contributed by atoms with Gasteiger partial charge in [-0.1, -0.05) is 125 Å². The van der Waals surface area contributed by atoms with E-state index < -0.39 is 0 Å². The molecule has 0 saturated carbocycles. The van der Waals surface area contributed by atoms with Crippen LogP contribution >= 0.6 is 15.9 Å². The van der Waals surface area contributed by atoms with Crippen LogP contribution in [0.3, 0.4) is 0 Å². The minimum absolute atomic E-state index is 0.347. The summed E-state index contributed by atoms with van der Waals surface area (Å²) < 4.78 is 1.10. The summed E-state index contributed by atoms with van der Waals surface area (Å²) >= 11 is 3.57. The molecule has 1 aliphatic carbocycles. The molecule has 152 valence electrons. The predicted molar refractivity (Wildman–Crippen MR) is 137 cm³/mol. The van der Waals surface area contributed by atoms with E-state index in [1.807, 2.05) is 0 Å². The Morgan fingerprint density at radius 3 is 1.62 bits per heavy atom. The highest BCUT2D eigenvalue weighted by Crippen LogP contribution is 2.56. The Bertz CT molecular complexity index is 1360. The third kappa shape index (κ3) is 2.82. The summed E-state index contributed by atoms with van der Waals surface area (Å²) in [7, 11) is 0. The lowest BCUT2D eigenvalue weighted by atomic mass is 9.67. The first-order chi connectivity index (χ1) is 15.8. The quantitative estimate of drug-likeness (QED) is 0.242. The van der Waals surface area contributed by atoms with Crippen LogP contribution in [0.1, 0.15) is 22.3 Å². The molecule has 32 heavy (non-hydrogen) atoms. The number of hydrogen-bond donors (Lipinski definition) is 0. The maximum absolute atomic E-state index is 3.57. The molecule has 0 saturated heterocycles. The Morgan fingerprint density at radius 2 is 0.969 bits per heavy atom. The van der Waals surface area contributed by atoms with Gasteiger partial charge >= 0.3 is 0 Å². The zero-order valence-corrected chi connectivity index (χ0v) is 19.1. The molecule has 0 amide bonds. The van der Waals surface area contributed by atoms with Crippen LogP contribution in [0.4, 0.5) is 0 Å². The van der Waals surface area contributed by atoms with Crippen molar-refractivity contribution in [3.63, 3.8) is 0 Å². The van der Waals surface area contributed by atoms with Crippen molar-refractivity contribution < 1.29 is 0 Å². The van der Waals surface area contributed by atoms with Crippen LogP contribution in [-0.2, 0) is 5.41 Å². The average Bonchev–Trinajstić information content (AvgIpc) is 3.16. The van der Waals surface area contributed by atoms with Gasteiger partial charge < -0.3 is 0 Å². The first-order valence-electron chi connectivity index (χ1n) is 10.9. The van der Waals surface area contributed by atoms with Gasteiger partial charge in [-0.25, -0.2) is 0 Å². The van der Waals surface area contributed by atoms with E-state index in [0.29, 0.717) is 0 Å². The van der Waals surface area contributed by atoms with Crippen molar-refractivity contribution in [3.8, 4) is 22.3 Å². The number of benzene rings is 5. The van der Waals surface area contributed by atoms with E-state index in [4.69, 9.17) is 0 Å². The number of fused-ring (bicyclic) bond motifs is 3. The molecule has 0 atom stereocenters. The van der Waals surface area contributed by atoms with Crippen molar-refractivity contribution >= 4 is 15.9 Å². The molecule has 0 aromatic heterocycles. The Balaban J connectivity index is 1.72. The maximum atomic E-state index is 3.57. The molecule has 0 heterocycles. The SMILES string of the molecule is Brc1ccc(-c2ccc3c(c2)C(c2ccccc2)(c2ccccc2)c2ccccc2-3)cc1. The largest absolute Gasteiger partial charge is 0.0713 e. The fourth-order valence-electron chi connectivity index (χ4n) is 5.27. The number of rotatable bonds is 3. The first-order valence-corrected chi connectivity index (χ1v) is 11.7. The van der Waals surface area contributed by atoms with E-state index in [2.05, 4.69) is 143 Å². The molecule has 0 N–H and O–H groups in total. The second-order valence-electron chi connectivity index (χ2n) is 8.29. The van der Waals surface area contributed by atoms with Gasteiger partial charge in [0.15, 0.2) is 0 Å². The molecule has 0 fully saturated rings. The normalized spacial score (nSPS) is 13.4. The van der Waals surface area contributed by atoms with Gasteiger partial charge in [0.2, 0.25) is 0 Å². The Morgan fingerprint density at radius 1 is 0.438 bits per heavy atom. The van der Waals surface area contributed by atoms with Gasteiger partial charge in [-0.15, -0.1) is 0 Å². The number of halogens is 1. The van der Waals surface area contributed by atoms with E-state index in [1.165, 1.54) is 44.5 Å². The summed E-state index contributed by atoms with van der Waals surface area (Å²) in [4.78, 5) is 0. The fraction of sp³-hybridized carbons (Fsp3) is 0.0323. The molecule has 0 unspecified atom stereocenters. The van der Waals surface area contributed by atoms with E-state index in [9.17, 15) is 0 Å². The highest BCUT2D eigenvalue weighted by molar-refractivity contribution is 9.10. The predicted octanol–water partition coefficient (Wildman–Crippen LogP) is 8.48. The Hall–Kier alpha value is -3.42. The minimum Gasteiger partial charge on any atom is -0.0622 e. The summed E-state index contributed by atoms with van der Waals surface area (Å²) in [6.07, 6.45) is 0. The second-order valence-corrected chi connectivity index (χ2v) is 9.21. The molecular formula is C31H21Br. The molecular weight excluding hydrogens is 452 g/mol. The average molecular weight is 473 g/mol. The van der Waals surface area contributed by atoms with E-state index in [0.717, 1.165) is 4.47 Å². The van der Waals surface area contributed by atoms with Crippen LogP contribution < -0.4 is 0 Å². The zero-order valence-electron chi connectivity index (χ0n) is 17.5. The van der Waals surface area contributed by atoms with Gasteiger partial charge in [-0.3, -0.25) is 0 Å². The monoisotopic (exact) mass is 472 g/mol. The maximum Gasteiger partial charge on any atom is 0.0713 e. The Kier molecular flexibility index (Phi) is 4.59. The lowest BCUT2D eigenvalue weighted by Crippen LogP contribution is -2.28. The highest BCUT2D eigenvalue weighted by Gasteiger charge is 2.45. The third-order valence-electron chi connectivity index (χ3n) is 6.64. The summed E-state index contributed by atoms with van der Waals surface area (Å²) in [5, 5.41) is 0. The molecule has 0 aliphatic heterocycles. The van der Waals surface area contributed by atoms with Gasteiger partial charge in [0.25, 0.3) is 0 Å². The van der Waals surface area contributed by atoms with Crippen molar-refractivity contribution in [2.75, 3.05) is 0 Å². The summed E-state index contributed by atoms with van der Waals surface area (Å²) in [5.74, 6) is 0. The van der Waals surface area contributed by atoms with Crippen molar-refractivity contribution in [1.82, 2.24) is 0 Å². The first kappa shape index (κ1) is 19.3. The second kappa shape index (κ2) is 7.62. The standard InChI is InChI=1S/C31H21Br/c32-26-18-15-22(16-19-26)23-17-20-28-27-13-7-8-14-29(27)31(30(28)21-23,24-9-3-1-4-10-24)25-11-5-2-6-12-25/h1-21H. The van der Waals surface area contributed by atoms with Crippen molar-refractivity contribution in [1.29, 1.82) is 0 Å². The molecule has 0 bridgehead atoms. The topological polar surface area (TPSA) is 0 Å². The van der Waals surface area contributed by atoms with E-state index in [1.54, 1.807) is 0 Å².